The van der Waals surface area contributed by atoms with Crippen molar-refractivity contribution >= 4 is 44.7 Å². The van der Waals surface area contributed by atoms with E-state index in [1.54, 1.807) is 14.0 Å². The molecule has 3 aliphatic carbocycles. The highest BCUT2D eigenvalue weighted by atomic mass is 32.2. The SMILES string of the molecule is C=C[C@@H]1C=C=C[C@]1(NC(=O)[C@@H]1CCCN1C(=O)[C@@H](NC(=O)OC1C[C@H]1CCCCCc1c(O)nc2c(OC)cccc2c1OCCCN1CCCC1)C(C)(C)C)C(=O)NS(=O)(=O)C1(C)CC1. The summed E-state index contributed by atoms with van der Waals surface area (Å²) in [6.07, 6.45) is 13.0. The lowest BCUT2D eigenvalue weighted by Gasteiger charge is -2.37. The van der Waals surface area contributed by atoms with E-state index in [0.29, 0.717) is 67.7 Å². The van der Waals surface area contributed by atoms with Crippen LogP contribution >= 0.6 is 0 Å². The van der Waals surface area contributed by atoms with Crippen LogP contribution in [0.5, 0.6) is 17.4 Å². The number of para-hydroxylation sites is 1. The number of alkyl carbamates (subject to hydrolysis) is 1. The average molecular weight is 933 g/mol. The average Bonchev–Trinajstić information content (AvgIpc) is 3.90. The Kier molecular flexibility index (Phi) is 14.8. The molecular formula is C49H68N6O10S. The summed E-state index contributed by atoms with van der Waals surface area (Å²) in [5.41, 5.74) is 1.52. The van der Waals surface area contributed by atoms with Gasteiger partial charge in [-0.15, -0.1) is 12.3 Å². The molecule has 4 N–H and O–H groups in total. The highest BCUT2D eigenvalue weighted by Gasteiger charge is 2.55. The van der Waals surface area contributed by atoms with Gasteiger partial charge in [-0.2, -0.15) is 0 Å². The number of fused-ring (bicyclic) bond motifs is 1. The van der Waals surface area contributed by atoms with Gasteiger partial charge in [0.1, 0.15) is 35.2 Å². The van der Waals surface area contributed by atoms with Crippen molar-refractivity contribution in [1.82, 2.24) is 30.1 Å². The van der Waals surface area contributed by atoms with Crippen molar-refractivity contribution in [2.45, 2.75) is 140 Å². The number of nitrogens with zero attached hydrogens (tertiary/aromatic N) is 3. The second-order valence-electron chi connectivity index (χ2n) is 20.0. The van der Waals surface area contributed by atoms with Gasteiger partial charge < -0.3 is 39.8 Å². The number of pyridine rings is 1. The van der Waals surface area contributed by atoms with Crippen LogP contribution in [0.3, 0.4) is 0 Å². The first-order chi connectivity index (χ1) is 31.4. The molecule has 1 aromatic carbocycles. The molecule has 3 heterocycles. The summed E-state index contributed by atoms with van der Waals surface area (Å²) in [6.45, 7) is 14.8. The first-order valence-electron chi connectivity index (χ1n) is 23.7. The number of aromatic nitrogens is 1. The molecule has 2 aliphatic heterocycles. The van der Waals surface area contributed by atoms with E-state index < -0.39 is 67.5 Å². The molecule has 0 spiro atoms. The third-order valence-electron chi connectivity index (χ3n) is 14.0. The quantitative estimate of drug-likeness (QED) is 0.0665. The van der Waals surface area contributed by atoms with E-state index in [9.17, 15) is 32.7 Å². The monoisotopic (exact) mass is 932 g/mol. The number of sulfonamides is 1. The zero-order valence-corrected chi connectivity index (χ0v) is 40.0. The van der Waals surface area contributed by atoms with Crippen molar-refractivity contribution in [2.24, 2.45) is 17.3 Å². The summed E-state index contributed by atoms with van der Waals surface area (Å²) >= 11 is 0. The maximum absolute atomic E-state index is 14.3. The topological polar surface area (TPSA) is 206 Å². The smallest absolute Gasteiger partial charge is 0.408 e. The fraction of sp³-hybridized carbons (Fsp3) is 0.633. The Hall–Kier alpha value is -5.12. The van der Waals surface area contributed by atoms with E-state index in [0.717, 1.165) is 57.1 Å². The number of ether oxygens (including phenoxy) is 3. The summed E-state index contributed by atoms with van der Waals surface area (Å²) in [7, 11) is -2.45. The molecule has 2 saturated carbocycles. The van der Waals surface area contributed by atoms with Crippen LogP contribution in [0, 0.1) is 17.3 Å². The van der Waals surface area contributed by atoms with Gasteiger partial charge >= 0.3 is 6.09 Å². The van der Waals surface area contributed by atoms with Crippen LogP contribution in [-0.4, -0.2) is 120 Å². The zero-order valence-electron chi connectivity index (χ0n) is 39.2. The summed E-state index contributed by atoms with van der Waals surface area (Å²) in [4.78, 5) is 63.9. The Bertz CT molecular complexity index is 2350. The van der Waals surface area contributed by atoms with Crippen molar-refractivity contribution in [1.29, 1.82) is 0 Å². The Morgan fingerprint density at radius 2 is 1.83 bits per heavy atom. The van der Waals surface area contributed by atoms with Crippen LogP contribution in [-0.2, 0) is 35.6 Å². The van der Waals surface area contributed by atoms with E-state index in [2.05, 4.69) is 37.5 Å². The summed E-state index contributed by atoms with van der Waals surface area (Å²) in [5, 5.41) is 17.5. The highest BCUT2D eigenvalue weighted by molar-refractivity contribution is 7.91. The van der Waals surface area contributed by atoms with Crippen LogP contribution in [0.15, 0.2) is 48.7 Å². The van der Waals surface area contributed by atoms with Crippen LogP contribution in [0.4, 0.5) is 4.79 Å². The minimum Gasteiger partial charge on any atom is -0.494 e. The second kappa shape index (κ2) is 20.0. The Morgan fingerprint density at radius 3 is 2.53 bits per heavy atom. The molecule has 17 heteroatoms. The second-order valence-corrected chi connectivity index (χ2v) is 22.2. The molecule has 6 atom stereocenters. The molecule has 4 amide bonds. The van der Waals surface area contributed by atoms with E-state index in [-0.39, 0.29) is 24.4 Å². The molecule has 4 fully saturated rings. The lowest BCUT2D eigenvalue weighted by Crippen LogP contribution is -2.65. The Labute approximate surface area is 389 Å². The maximum atomic E-state index is 14.3. The highest BCUT2D eigenvalue weighted by Crippen LogP contribution is 2.43. The Morgan fingerprint density at radius 1 is 1.08 bits per heavy atom. The number of hydrogen-bond donors (Lipinski definition) is 4. The number of benzene rings is 1. The van der Waals surface area contributed by atoms with Crippen molar-refractivity contribution in [3.63, 3.8) is 0 Å². The van der Waals surface area contributed by atoms with Gasteiger partial charge in [0.2, 0.25) is 27.7 Å². The summed E-state index contributed by atoms with van der Waals surface area (Å²) in [5.74, 6) is -1.45. The van der Waals surface area contributed by atoms with Crippen LogP contribution in [0.2, 0.25) is 0 Å². The predicted molar refractivity (Wildman–Crippen MR) is 249 cm³/mol. The standard InChI is InChI=1S/C49H68N6O10S/c1-7-33-18-14-23-49(33,45(59)53-66(61,62)48(5)24-25-48)52-43(57)36-21-15-29-55(36)44(58)41(47(2,3)4)51-46(60)65-38-31-32(38)17-9-8-10-19-35-40(64-30-16-28-54-26-11-12-27-54)34-20-13-22-37(63-6)39(34)50-42(35)56/h7,13,18,20,22-23,32-33,36,38,41H,1,8-12,15-17,19,21,24-31H2,2-6H3,(H,50,56)(H,51,60)(H,52,57)(H,53,59)/t32-,33-,36+,38?,41-,49-/m1/s1. The van der Waals surface area contributed by atoms with Gasteiger partial charge in [0.05, 0.1) is 24.0 Å². The third kappa shape index (κ3) is 10.7. The number of likely N-dealkylation sites (tertiary alicyclic amines) is 2. The van der Waals surface area contributed by atoms with E-state index in [4.69, 9.17) is 14.2 Å². The minimum absolute atomic E-state index is 0.0506. The van der Waals surface area contributed by atoms with Crippen molar-refractivity contribution in [3.8, 4) is 17.4 Å². The normalized spacial score (nSPS) is 24.8. The number of hydrogen-bond acceptors (Lipinski definition) is 12. The van der Waals surface area contributed by atoms with Gasteiger partial charge in [-0.25, -0.2) is 18.2 Å². The molecule has 0 bridgehead atoms. The van der Waals surface area contributed by atoms with E-state index >= 15 is 0 Å². The van der Waals surface area contributed by atoms with Crippen LogP contribution < -0.4 is 24.8 Å². The first kappa shape index (κ1) is 48.8. The molecular weight excluding hydrogens is 865 g/mol. The molecule has 66 heavy (non-hydrogen) atoms. The van der Waals surface area contributed by atoms with E-state index in [1.165, 1.54) is 36.0 Å². The number of unbranched alkanes of at least 4 members (excludes halogenated alkanes) is 2. The van der Waals surface area contributed by atoms with Crippen LogP contribution in [0.25, 0.3) is 10.9 Å². The molecule has 360 valence electrons. The van der Waals surface area contributed by atoms with Crippen molar-refractivity contribution in [2.75, 3.05) is 39.9 Å². The molecule has 7 rings (SSSR count). The van der Waals surface area contributed by atoms with Gasteiger partial charge in [0, 0.05) is 24.4 Å². The summed E-state index contributed by atoms with van der Waals surface area (Å²) < 4.78 is 45.0. The fourth-order valence-electron chi connectivity index (χ4n) is 9.46. The number of nitrogens with one attached hydrogen (secondary N) is 3. The molecule has 0 radical (unpaired) electrons. The number of methoxy groups -OCH3 is 1. The third-order valence-corrected chi connectivity index (χ3v) is 16.2. The van der Waals surface area contributed by atoms with Crippen molar-refractivity contribution < 1.29 is 46.9 Å². The lowest BCUT2D eigenvalue weighted by atomic mass is 9.85. The molecule has 5 aliphatic rings. The fourth-order valence-corrected chi connectivity index (χ4v) is 10.8. The minimum atomic E-state index is -4.03. The summed E-state index contributed by atoms with van der Waals surface area (Å²) in [6, 6.07) is 3.66. The lowest BCUT2D eigenvalue weighted by molar-refractivity contribution is -0.143. The molecule has 1 unspecified atom stereocenters. The first-order valence-corrected chi connectivity index (χ1v) is 25.2. The van der Waals surface area contributed by atoms with Gasteiger partial charge in [-0.05, 0) is 126 Å². The molecule has 2 aromatic rings. The number of amides is 4. The molecule has 2 saturated heterocycles. The van der Waals surface area contributed by atoms with Crippen molar-refractivity contribution in [3.05, 3.63) is 54.3 Å². The maximum Gasteiger partial charge on any atom is 0.408 e. The van der Waals surface area contributed by atoms with E-state index in [1.807, 2.05) is 39.0 Å². The Balaban J connectivity index is 0.901. The molecule has 16 nitrogen and oxygen atoms in total. The number of rotatable bonds is 21. The molecule has 1 aromatic heterocycles. The van der Waals surface area contributed by atoms with Crippen LogP contribution in [0.1, 0.15) is 110 Å². The number of aromatic hydroxyl groups is 1. The predicted octanol–water partition coefficient (Wildman–Crippen LogP) is 5.82. The zero-order chi connectivity index (χ0) is 47.4. The number of carbonyl (C=O) groups excluding carboxylic acids is 4. The van der Waals surface area contributed by atoms with Gasteiger partial charge in [-0.1, -0.05) is 45.8 Å². The van der Waals surface area contributed by atoms with Gasteiger partial charge in [0.15, 0.2) is 5.54 Å². The number of carbonyl (C=O) groups is 4. The largest absolute Gasteiger partial charge is 0.494 e. The van der Waals surface area contributed by atoms with Gasteiger partial charge in [-0.3, -0.25) is 19.1 Å². The van der Waals surface area contributed by atoms with Gasteiger partial charge in [0.25, 0.3) is 5.91 Å².